The van der Waals surface area contributed by atoms with Crippen LogP contribution in [0.4, 0.5) is 5.69 Å². The van der Waals surface area contributed by atoms with Crippen molar-refractivity contribution in [1.82, 2.24) is 15.2 Å². The lowest BCUT2D eigenvalue weighted by molar-refractivity contribution is 0.266. The van der Waals surface area contributed by atoms with E-state index in [1.165, 1.54) is 22.9 Å². The van der Waals surface area contributed by atoms with Gasteiger partial charge in [-0.1, -0.05) is 59.8 Å². The number of rotatable bonds is 5. The Morgan fingerprint density at radius 1 is 1.03 bits per heavy atom. The summed E-state index contributed by atoms with van der Waals surface area (Å²) < 4.78 is 11.6. The Morgan fingerprint density at radius 3 is 2.74 bits per heavy atom. The second kappa shape index (κ2) is 8.65. The number of hydrogen-bond acceptors (Lipinski definition) is 7. The average molecular weight is 429 g/mol. The fourth-order valence-electron chi connectivity index (χ4n) is 3.22. The number of benzene rings is 2. The Bertz CT molecular complexity index is 1210. The second-order valence-corrected chi connectivity index (χ2v) is 8.07. The molecule has 0 spiro atoms. The summed E-state index contributed by atoms with van der Waals surface area (Å²) in [6.07, 6.45) is 4.97. The Morgan fingerprint density at radius 2 is 1.90 bits per heavy atom. The molecule has 3 heterocycles. The van der Waals surface area contributed by atoms with Crippen molar-refractivity contribution in [3.8, 4) is 17.1 Å². The third-order valence-corrected chi connectivity index (χ3v) is 5.73. The van der Waals surface area contributed by atoms with Gasteiger partial charge in [-0.25, -0.2) is 0 Å². The third kappa shape index (κ3) is 4.46. The largest absolute Gasteiger partial charge is 0.465 e. The summed E-state index contributed by atoms with van der Waals surface area (Å²) in [4.78, 5) is 4.67. The molecule has 0 radical (unpaired) electrons. The first-order valence-corrected chi connectivity index (χ1v) is 10.9. The Labute approximate surface area is 184 Å². The molecule has 1 atom stereocenters. The SMILES string of the molecule is Cc1ccc(CSc2nnc3c(n2)OC(C=Cc2ccco2)Nc2ccccc2-3)cc1. The van der Waals surface area contributed by atoms with Gasteiger partial charge in [0.1, 0.15) is 5.76 Å². The molecule has 2 aromatic carbocycles. The first-order chi connectivity index (χ1) is 15.2. The number of aryl methyl sites for hydroxylation is 1. The zero-order chi connectivity index (χ0) is 21.0. The second-order valence-electron chi connectivity index (χ2n) is 7.13. The molecule has 2 aromatic heterocycles. The highest BCUT2D eigenvalue weighted by Crippen LogP contribution is 2.36. The molecule has 0 fully saturated rings. The lowest BCUT2D eigenvalue weighted by atomic mass is 10.1. The van der Waals surface area contributed by atoms with Gasteiger partial charge < -0.3 is 14.5 Å². The lowest BCUT2D eigenvalue weighted by Gasteiger charge is -2.15. The maximum atomic E-state index is 6.18. The van der Waals surface area contributed by atoms with Crippen molar-refractivity contribution < 1.29 is 9.15 Å². The number of aromatic nitrogens is 3. The molecule has 1 aliphatic rings. The highest BCUT2D eigenvalue weighted by Gasteiger charge is 2.23. The zero-order valence-corrected chi connectivity index (χ0v) is 17.7. The number of anilines is 1. The van der Waals surface area contributed by atoms with Crippen LogP contribution in [0.25, 0.3) is 17.3 Å². The first-order valence-electron chi connectivity index (χ1n) is 9.92. The van der Waals surface area contributed by atoms with Gasteiger partial charge in [0.25, 0.3) is 0 Å². The summed E-state index contributed by atoms with van der Waals surface area (Å²) in [5, 5.41) is 12.8. The number of para-hydroxylation sites is 1. The zero-order valence-electron chi connectivity index (χ0n) is 16.9. The van der Waals surface area contributed by atoms with E-state index >= 15 is 0 Å². The summed E-state index contributed by atoms with van der Waals surface area (Å²) in [7, 11) is 0. The van der Waals surface area contributed by atoms with Crippen LogP contribution in [0.1, 0.15) is 16.9 Å². The molecule has 0 bridgehead atoms. The van der Waals surface area contributed by atoms with Crippen LogP contribution in [0.2, 0.25) is 0 Å². The molecule has 1 N–H and O–H groups in total. The first kappa shape index (κ1) is 19.4. The van der Waals surface area contributed by atoms with E-state index in [9.17, 15) is 0 Å². The molecule has 4 aromatic rings. The van der Waals surface area contributed by atoms with E-state index in [-0.39, 0.29) is 0 Å². The molecule has 0 aliphatic carbocycles. The van der Waals surface area contributed by atoms with Gasteiger partial charge in [-0.3, -0.25) is 0 Å². The summed E-state index contributed by atoms with van der Waals surface area (Å²) >= 11 is 1.53. The van der Waals surface area contributed by atoms with E-state index in [0.717, 1.165) is 22.8 Å². The van der Waals surface area contributed by atoms with E-state index in [4.69, 9.17) is 9.15 Å². The van der Waals surface area contributed by atoms with Crippen molar-refractivity contribution in [3.63, 3.8) is 0 Å². The van der Waals surface area contributed by atoms with Gasteiger partial charge in [0.15, 0.2) is 11.9 Å². The number of thioether (sulfide) groups is 1. The number of ether oxygens (including phenoxy) is 1. The molecule has 0 amide bonds. The number of hydrogen-bond donors (Lipinski definition) is 1. The standard InChI is InChI=1S/C24H20N4O2S/c1-16-8-10-17(11-9-16)15-31-24-26-23-22(27-28-24)19-6-2-3-7-20(19)25-21(30-23)13-12-18-5-4-14-29-18/h2-14,21,25H,15H2,1H3. The lowest BCUT2D eigenvalue weighted by Crippen LogP contribution is -2.23. The Hall–Kier alpha value is -3.58. The predicted molar refractivity (Wildman–Crippen MR) is 122 cm³/mol. The van der Waals surface area contributed by atoms with Gasteiger partial charge >= 0.3 is 0 Å². The van der Waals surface area contributed by atoms with Crippen LogP contribution in [-0.4, -0.2) is 21.4 Å². The van der Waals surface area contributed by atoms with E-state index in [1.54, 1.807) is 6.26 Å². The van der Waals surface area contributed by atoms with Crippen molar-refractivity contribution in [2.24, 2.45) is 0 Å². The van der Waals surface area contributed by atoms with Gasteiger partial charge in [0.2, 0.25) is 11.0 Å². The van der Waals surface area contributed by atoms with Crippen LogP contribution in [0.15, 0.2) is 82.6 Å². The van der Waals surface area contributed by atoms with Gasteiger partial charge in [-0.05, 0) is 42.8 Å². The maximum absolute atomic E-state index is 6.18. The maximum Gasteiger partial charge on any atom is 0.247 e. The Kier molecular flexibility index (Phi) is 5.41. The average Bonchev–Trinajstić information content (AvgIpc) is 3.26. The molecule has 154 valence electrons. The molecule has 7 heteroatoms. The van der Waals surface area contributed by atoms with Crippen LogP contribution in [-0.2, 0) is 5.75 Å². The summed E-state index contributed by atoms with van der Waals surface area (Å²) in [5.41, 5.74) is 4.89. The third-order valence-electron chi connectivity index (χ3n) is 4.82. The predicted octanol–water partition coefficient (Wildman–Crippen LogP) is 5.58. The van der Waals surface area contributed by atoms with Crippen molar-refractivity contribution in [2.75, 3.05) is 5.32 Å². The van der Waals surface area contributed by atoms with Crippen LogP contribution < -0.4 is 10.1 Å². The minimum absolute atomic E-state index is 0.431. The van der Waals surface area contributed by atoms with Crippen LogP contribution in [0.5, 0.6) is 5.88 Å². The minimum atomic E-state index is -0.431. The van der Waals surface area contributed by atoms with Crippen LogP contribution in [0.3, 0.4) is 0 Å². The monoisotopic (exact) mass is 428 g/mol. The molecule has 31 heavy (non-hydrogen) atoms. The molecule has 6 nitrogen and oxygen atoms in total. The van der Waals surface area contributed by atoms with Crippen molar-refractivity contribution >= 4 is 23.5 Å². The number of nitrogens with one attached hydrogen (secondary N) is 1. The van der Waals surface area contributed by atoms with E-state index in [2.05, 4.69) is 51.7 Å². The molecular weight excluding hydrogens is 408 g/mol. The van der Waals surface area contributed by atoms with Crippen molar-refractivity contribution in [2.45, 2.75) is 24.1 Å². The fraction of sp³-hybridized carbons (Fsp3) is 0.125. The summed E-state index contributed by atoms with van der Waals surface area (Å²) in [6, 6.07) is 20.1. The Balaban J connectivity index is 1.43. The van der Waals surface area contributed by atoms with Crippen LogP contribution >= 0.6 is 11.8 Å². The smallest absolute Gasteiger partial charge is 0.247 e. The minimum Gasteiger partial charge on any atom is -0.465 e. The number of nitrogens with zero attached hydrogens (tertiary/aromatic N) is 3. The normalized spacial score (nSPS) is 14.9. The number of furan rings is 1. The van der Waals surface area contributed by atoms with Gasteiger partial charge in [-0.2, -0.15) is 4.98 Å². The van der Waals surface area contributed by atoms with Crippen molar-refractivity contribution in [3.05, 3.63) is 89.9 Å². The van der Waals surface area contributed by atoms with E-state index in [0.29, 0.717) is 16.7 Å². The summed E-state index contributed by atoms with van der Waals surface area (Å²) in [5.74, 6) is 1.96. The molecule has 5 rings (SSSR count). The van der Waals surface area contributed by atoms with Crippen molar-refractivity contribution in [1.29, 1.82) is 0 Å². The van der Waals surface area contributed by atoms with Crippen LogP contribution in [0, 0.1) is 6.92 Å². The molecule has 1 aliphatic heterocycles. The summed E-state index contributed by atoms with van der Waals surface area (Å²) in [6.45, 7) is 2.08. The van der Waals surface area contributed by atoms with Gasteiger partial charge in [0.05, 0.1) is 6.26 Å². The van der Waals surface area contributed by atoms with Gasteiger partial charge in [-0.15, -0.1) is 10.2 Å². The topological polar surface area (TPSA) is 73.1 Å². The highest BCUT2D eigenvalue weighted by atomic mass is 32.2. The molecule has 0 saturated heterocycles. The number of fused-ring (bicyclic) bond motifs is 3. The fourth-order valence-corrected chi connectivity index (χ4v) is 3.95. The highest BCUT2D eigenvalue weighted by molar-refractivity contribution is 7.98. The quantitative estimate of drug-likeness (QED) is 0.416. The molecular formula is C24H20N4O2S. The van der Waals surface area contributed by atoms with E-state index in [1.807, 2.05) is 48.6 Å². The van der Waals surface area contributed by atoms with E-state index < -0.39 is 6.23 Å². The molecule has 1 unspecified atom stereocenters. The van der Waals surface area contributed by atoms with Gasteiger partial charge in [0, 0.05) is 17.0 Å². The molecule has 0 saturated carbocycles.